The summed E-state index contributed by atoms with van der Waals surface area (Å²) in [4.78, 5) is 33.0. The molecule has 2 amide bonds. The molecule has 2 heterocycles. The van der Waals surface area contributed by atoms with Gasteiger partial charge in [0.15, 0.2) is 0 Å². The number of imide groups is 1. The molecule has 0 radical (unpaired) electrons. The van der Waals surface area contributed by atoms with Crippen LogP contribution < -0.4 is 4.90 Å². The van der Waals surface area contributed by atoms with Crippen LogP contribution in [0.2, 0.25) is 10.0 Å². The third-order valence-electron chi connectivity index (χ3n) is 6.84. The molecule has 174 valence electrons. The van der Waals surface area contributed by atoms with Gasteiger partial charge in [0, 0.05) is 38.3 Å². The Morgan fingerprint density at radius 2 is 1.32 bits per heavy atom. The second-order valence-electron chi connectivity index (χ2n) is 8.79. The summed E-state index contributed by atoms with van der Waals surface area (Å²) in [5, 5.41) is 1.07. The van der Waals surface area contributed by atoms with Crippen molar-refractivity contribution in [2.24, 2.45) is 0 Å². The van der Waals surface area contributed by atoms with Gasteiger partial charge in [-0.2, -0.15) is 0 Å². The topological polar surface area (TPSA) is 43.9 Å². The van der Waals surface area contributed by atoms with E-state index >= 15 is 0 Å². The zero-order chi connectivity index (χ0) is 23.7. The predicted molar refractivity (Wildman–Crippen MR) is 135 cm³/mol. The van der Waals surface area contributed by atoms with Gasteiger partial charge in [0.25, 0.3) is 0 Å². The highest BCUT2D eigenvalue weighted by Crippen LogP contribution is 2.42. The average Bonchev–Trinajstić information content (AvgIpc) is 3.13. The van der Waals surface area contributed by atoms with Crippen molar-refractivity contribution in [1.82, 2.24) is 9.80 Å². The summed E-state index contributed by atoms with van der Waals surface area (Å²) in [5.41, 5.74) is 1.74. The van der Waals surface area contributed by atoms with Gasteiger partial charge in [-0.3, -0.25) is 19.4 Å². The van der Waals surface area contributed by atoms with E-state index in [4.69, 9.17) is 23.2 Å². The molecule has 2 saturated heterocycles. The second-order valence-corrected chi connectivity index (χ2v) is 9.60. The molecule has 0 spiro atoms. The smallest absolute Gasteiger partial charge is 0.245 e. The van der Waals surface area contributed by atoms with Crippen LogP contribution in [0.1, 0.15) is 17.5 Å². The molecule has 0 atom stereocenters. The third kappa shape index (κ3) is 4.09. The van der Waals surface area contributed by atoms with E-state index in [0.717, 1.165) is 43.0 Å². The number of piperazine rings is 1. The van der Waals surface area contributed by atoms with Gasteiger partial charge in [-0.1, -0.05) is 83.9 Å². The lowest BCUT2D eigenvalue weighted by Crippen LogP contribution is -2.52. The lowest BCUT2D eigenvalue weighted by molar-refractivity contribution is -0.142. The molecule has 0 aromatic heterocycles. The lowest BCUT2D eigenvalue weighted by atomic mass is 9.73. The van der Waals surface area contributed by atoms with Crippen molar-refractivity contribution in [1.29, 1.82) is 0 Å². The third-order valence-corrected chi connectivity index (χ3v) is 7.58. The Bertz CT molecular complexity index is 1160. The van der Waals surface area contributed by atoms with Gasteiger partial charge in [0.1, 0.15) is 5.41 Å². The van der Waals surface area contributed by atoms with Crippen LogP contribution in [-0.4, -0.2) is 54.5 Å². The molecule has 7 heteroatoms. The molecule has 3 aromatic rings. The van der Waals surface area contributed by atoms with Crippen LogP contribution in [0.5, 0.6) is 0 Å². The van der Waals surface area contributed by atoms with Crippen molar-refractivity contribution in [2.75, 3.05) is 37.7 Å². The first-order valence-corrected chi connectivity index (χ1v) is 12.1. The Hall–Kier alpha value is -2.86. The fourth-order valence-electron chi connectivity index (χ4n) is 4.98. The number of halogens is 2. The molecule has 0 aliphatic carbocycles. The molecule has 5 nitrogen and oxygen atoms in total. The number of likely N-dealkylation sites (tertiary alicyclic amines) is 1. The van der Waals surface area contributed by atoms with Crippen LogP contribution in [0.15, 0.2) is 78.9 Å². The fourth-order valence-corrected chi connectivity index (χ4v) is 5.27. The van der Waals surface area contributed by atoms with Crippen LogP contribution in [0.4, 0.5) is 5.69 Å². The molecular formula is C27H25Cl2N3O2. The maximum absolute atomic E-state index is 13.9. The minimum atomic E-state index is -0.985. The highest BCUT2D eigenvalue weighted by molar-refractivity contribution is 6.42. The highest BCUT2D eigenvalue weighted by atomic mass is 35.5. The van der Waals surface area contributed by atoms with Crippen LogP contribution in [0, 0.1) is 0 Å². The standard InChI is InChI=1S/C27H25Cl2N3O2/c28-23-12-11-22(17-24(23)29)31-15-13-30(14-16-31)19-32-25(33)18-27(26(32)34,20-7-3-1-4-8-20)21-9-5-2-6-10-21/h1-12,17H,13-16,18-19H2. The van der Waals surface area contributed by atoms with Gasteiger partial charge < -0.3 is 4.90 Å². The summed E-state index contributed by atoms with van der Waals surface area (Å²) in [6.45, 7) is 3.32. The number of carbonyl (C=O) groups is 2. The first-order valence-electron chi connectivity index (χ1n) is 11.4. The SMILES string of the molecule is O=C1CC(c2ccccc2)(c2ccccc2)C(=O)N1CN1CCN(c2ccc(Cl)c(Cl)c2)CC1. The normalized spacial score (nSPS) is 18.5. The maximum atomic E-state index is 13.9. The molecular weight excluding hydrogens is 469 g/mol. The molecule has 34 heavy (non-hydrogen) atoms. The van der Waals surface area contributed by atoms with E-state index in [1.54, 1.807) is 6.07 Å². The summed E-state index contributed by atoms with van der Waals surface area (Å²) in [6.07, 6.45) is 0.142. The molecule has 0 saturated carbocycles. The van der Waals surface area contributed by atoms with Gasteiger partial charge in [0.05, 0.1) is 16.7 Å². The Labute approximate surface area is 209 Å². The molecule has 3 aromatic carbocycles. The highest BCUT2D eigenvalue weighted by Gasteiger charge is 2.54. The van der Waals surface area contributed by atoms with Crippen LogP contribution in [0.3, 0.4) is 0 Å². The number of hydrogen-bond donors (Lipinski definition) is 0. The largest absolute Gasteiger partial charge is 0.369 e. The van der Waals surface area contributed by atoms with Crippen molar-refractivity contribution in [2.45, 2.75) is 11.8 Å². The summed E-state index contributed by atoms with van der Waals surface area (Å²) >= 11 is 12.2. The van der Waals surface area contributed by atoms with Crippen molar-refractivity contribution >= 4 is 40.7 Å². The monoisotopic (exact) mass is 493 g/mol. The van der Waals surface area contributed by atoms with E-state index in [1.807, 2.05) is 72.8 Å². The number of hydrogen-bond acceptors (Lipinski definition) is 4. The zero-order valence-electron chi connectivity index (χ0n) is 18.7. The van der Waals surface area contributed by atoms with Gasteiger partial charge in [-0.05, 0) is 29.3 Å². The molecule has 2 fully saturated rings. The fraction of sp³-hybridized carbons (Fsp3) is 0.259. The zero-order valence-corrected chi connectivity index (χ0v) is 20.2. The van der Waals surface area contributed by atoms with E-state index in [2.05, 4.69) is 9.80 Å². The number of amides is 2. The first kappa shape index (κ1) is 22.9. The Kier molecular flexibility index (Phi) is 6.34. The van der Waals surface area contributed by atoms with Gasteiger partial charge in [-0.15, -0.1) is 0 Å². The average molecular weight is 494 g/mol. The quantitative estimate of drug-likeness (QED) is 0.478. The maximum Gasteiger partial charge on any atom is 0.245 e. The van der Waals surface area contributed by atoms with Crippen molar-refractivity contribution in [3.63, 3.8) is 0 Å². The molecule has 2 aliphatic heterocycles. The van der Waals surface area contributed by atoms with E-state index < -0.39 is 5.41 Å². The molecule has 0 N–H and O–H groups in total. The van der Waals surface area contributed by atoms with E-state index in [0.29, 0.717) is 16.7 Å². The van der Waals surface area contributed by atoms with Crippen molar-refractivity contribution < 1.29 is 9.59 Å². The second kappa shape index (κ2) is 9.41. The predicted octanol–water partition coefficient (Wildman–Crippen LogP) is 4.82. The van der Waals surface area contributed by atoms with Crippen LogP contribution in [-0.2, 0) is 15.0 Å². The number of rotatable bonds is 5. The molecule has 0 unspecified atom stereocenters. The van der Waals surface area contributed by atoms with Gasteiger partial charge >= 0.3 is 0 Å². The number of anilines is 1. The summed E-state index contributed by atoms with van der Waals surface area (Å²) in [7, 11) is 0. The minimum Gasteiger partial charge on any atom is -0.369 e. The Balaban J connectivity index is 1.34. The van der Waals surface area contributed by atoms with E-state index in [9.17, 15) is 9.59 Å². The van der Waals surface area contributed by atoms with E-state index in [1.165, 1.54) is 4.90 Å². The summed E-state index contributed by atoms with van der Waals surface area (Å²) in [6, 6.07) is 24.9. The lowest BCUT2D eigenvalue weighted by Gasteiger charge is -2.37. The first-order chi connectivity index (χ1) is 16.5. The van der Waals surface area contributed by atoms with Crippen molar-refractivity contribution in [3.8, 4) is 0 Å². The van der Waals surface area contributed by atoms with Crippen molar-refractivity contribution in [3.05, 3.63) is 100 Å². The summed E-state index contributed by atoms with van der Waals surface area (Å²) < 4.78 is 0. The minimum absolute atomic E-state index is 0.135. The number of nitrogens with zero attached hydrogens (tertiary/aromatic N) is 3. The van der Waals surface area contributed by atoms with Gasteiger partial charge in [-0.25, -0.2) is 0 Å². The Morgan fingerprint density at radius 3 is 1.88 bits per heavy atom. The Morgan fingerprint density at radius 1 is 0.735 bits per heavy atom. The molecule has 5 rings (SSSR count). The van der Waals surface area contributed by atoms with Gasteiger partial charge in [0.2, 0.25) is 11.8 Å². The molecule has 0 bridgehead atoms. The van der Waals surface area contributed by atoms with E-state index in [-0.39, 0.29) is 18.2 Å². The number of carbonyl (C=O) groups excluding carboxylic acids is 2. The van der Waals surface area contributed by atoms with Crippen LogP contribution in [0.25, 0.3) is 0 Å². The summed E-state index contributed by atoms with van der Waals surface area (Å²) in [5.74, 6) is -0.286. The number of benzene rings is 3. The molecule has 2 aliphatic rings. The van der Waals surface area contributed by atoms with Crippen LogP contribution >= 0.6 is 23.2 Å².